The number of hydrogen-bond donors (Lipinski definition) is 0. The van der Waals surface area contributed by atoms with E-state index >= 15 is 0 Å². The standard InChI is InChI=1S/C22H28N2S2/c1-16-11-13-17(14-12-16)15-25-22-23-20-10-6-5-9-19(20)21(24-22)26-18-7-3-2-4-8-18/h11-14,18H,2-10,15H2,1H3. The predicted molar refractivity (Wildman–Crippen MR) is 112 cm³/mol. The zero-order valence-electron chi connectivity index (χ0n) is 15.7. The van der Waals surface area contributed by atoms with E-state index in [0.29, 0.717) is 0 Å². The zero-order valence-corrected chi connectivity index (χ0v) is 17.3. The number of rotatable bonds is 5. The van der Waals surface area contributed by atoms with E-state index in [1.807, 2.05) is 0 Å². The van der Waals surface area contributed by atoms with E-state index in [1.54, 1.807) is 11.8 Å². The van der Waals surface area contributed by atoms with Crippen molar-refractivity contribution in [1.29, 1.82) is 0 Å². The molecule has 1 saturated carbocycles. The lowest BCUT2D eigenvalue weighted by molar-refractivity contribution is 0.515. The lowest BCUT2D eigenvalue weighted by Crippen LogP contribution is -2.13. The highest BCUT2D eigenvalue weighted by Gasteiger charge is 2.22. The molecule has 0 bridgehead atoms. The number of thioether (sulfide) groups is 2. The van der Waals surface area contributed by atoms with Crippen molar-refractivity contribution in [2.75, 3.05) is 0 Å². The van der Waals surface area contributed by atoms with Crippen molar-refractivity contribution < 1.29 is 0 Å². The molecule has 1 fully saturated rings. The van der Waals surface area contributed by atoms with Gasteiger partial charge in [0.2, 0.25) is 0 Å². The molecule has 2 aromatic rings. The van der Waals surface area contributed by atoms with E-state index in [-0.39, 0.29) is 0 Å². The minimum Gasteiger partial charge on any atom is -0.227 e. The lowest BCUT2D eigenvalue weighted by Gasteiger charge is -2.24. The van der Waals surface area contributed by atoms with E-state index in [9.17, 15) is 0 Å². The Hall–Kier alpha value is -1.00. The van der Waals surface area contributed by atoms with E-state index in [0.717, 1.165) is 22.6 Å². The van der Waals surface area contributed by atoms with Gasteiger partial charge in [-0.2, -0.15) is 0 Å². The molecule has 0 atom stereocenters. The highest BCUT2D eigenvalue weighted by molar-refractivity contribution is 8.00. The molecule has 0 aliphatic heterocycles. The van der Waals surface area contributed by atoms with Crippen LogP contribution in [0.3, 0.4) is 0 Å². The fourth-order valence-electron chi connectivity index (χ4n) is 3.87. The second kappa shape index (κ2) is 8.79. The summed E-state index contributed by atoms with van der Waals surface area (Å²) in [4.78, 5) is 9.97. The minimum atomic E-state index is 0.764. The molecular weight excluding hydrogens is 356 g/mol. The lowest BCUT2D eigenvalue weighted by atomic mass is 9.98. The molecule has 26 heavy (non-hydrogen) atoms. The highest BCUT2D eigenvalue weighted by atomic mass is 32.2. The van der Waals surface area contributed by atoms with E-state index < -0.39 is 0 Å². The molecule has 1 heterocycles. The van der Waals surface area contributed by atoms with Crippen LogP contribution >= 0.6 is 23.5 Å². The van der Waals surface area contributed by atoms with Gasteiger partial charge in [0.1, 0.15) is 5.03 Å². The average molecular weight is 385 g/mol. The monoisotopic (exact) mass is 384 g/mol. The second-order valence-electron chi connectivity index (χ2n) is 7.60. The van der Waals surface area contributed by atoms with E-state index in [1.165, 1.54) is 78.8 Å². The molecule has 0 N–H and O–H groups in total. The number of benzene rings is 1. The normalized spacial score (nSPS) is 17.9. The maximum absolute atomic E-state index is 5.03. The fourth-order valence-corrected chi connectivity index (χ4v) is 6.14. The average Bonchev–Trinajstić information content (AvgIpc) is 2.68. The van der Waals surface area contributed by atoms with E-state index in [4.69, 9.17) is 9.97 Å². The van der Waals surface area contributed by atoms with Crippen molar-refractivity contribution in [2.24, 2.45) is 0 Å². The van der Waals surface area contributed by atoms with Crippen LogP contribution in [0.2, 0.25) is 0 Å². The number of nitrogens with zero attached hydrogens (tertiary/aromatic N) is 2. The van der Waals surface area contributed by atoms with Gasteiger partial charge in [0.15, 0.2) is 5.16 Å². The van der Waals surface area contributed by atoms with Crippen molar-refractivity contribution in [3.63, 3.8) is 0 Å². The molecule has 2 aliphatic carbocycles. The molecule has 0 spiro atoms. The molecule has 0 radical (unpaired) electrons. The smallest absolute Gasteiger partial charge is 0.189 e. The Balaban J connectivity index is 1.52. The summed E-state index contributed by atoms with van der Waals surface area (Å²) in [5, 5.41) is 3.04. The third-order valence-corrected chi connectivity index (χ3v) is 7.73. The first kappa shape index (κ1) is 18.4. The summed E-state index contributed by atoms with van der Waals surface area (Å²) in [5.41, 5.74) is 5.46. The molecule has 0 saturated heterocycles. The quantitative estimate of drug-likeness (QED) is 0.339. The van der Waals surface area contributed by atoms with Gasteiger partial charge in [-0.3, -0.25) is 0 Å². The van der Waals surface area contributed by atoms with Crippen molar-refractivity contribution in [3.05, 3.63) is 46.6 Å². The molecule has 4 rings (SSSR count). The van der Waals surface area contributed by atoms with E-state index in [2.05, 4.69) is 43.0 Å². The molecule has 1 aromatic carbocycles. The van der Waals surface area contributed by atoms with Crippen LogP contribution in [0.15, 0.2) is 34.4 Å². The topological polar surface area (TPSA) is 25.8 Å². The Kier molecular flexibility index (Phi) is 6.21. The Bertz CT molecular complexity index is 737. The molecule has 4 heteroatoms. The Morgan fingerprint density at radius 2 is 1.69 bits per heavy atom. The van der Waals surface area contributed by atoms with Gasteiger partial charge in [0, 0.05) is 22.3 Å². The number of aromatic nitrogens is 2. The van der Waals surface area contributed by atoms with Crippen molar-refractivity contribution in [1.82, 2.24) is 9.97 Å². The van der Waals surface area contributed by atoms with Crippen LogP contribution < -0.4 is 0 Å². The number of aryl methyl sites for hydroxylation is 2. The third kappa shape index (κ3) is 4.64. The van der Waals surface area contributed by atoms with Crippen LogP contribution in [-0.2, 0) is 18.6 Å². The van der Waals surface area contributed by atoms with Crippen molar-refractivity contribution in [3.8, 4) is 0 Å². The zero-order chi connectivity index (χ0) is 17.8. The van der Waals surface area contributed by atoms with Gasteiger partial charge in [-0.1, -0.05) is 60.9 Å². The first-order chi connectivity index (χ1) is 12.8. The van der Waals surface area contributed by atoms with Crippen LogP contribution in [0.25, 0.3) is 0 Å². The summed E-state index contributed by atoms with van der Waals surface area (Å²) < 4.78 is 0. The summed E-state index contributed by atoms with van der Waals surface area (Å²) in [6.45, 7) is 2.14. The molecule has 2 aliphatic rings. The molecule has 1 aromatic heterocycles. The predicted octanol–water partition coefficient (Wildman–Crippen LogP) is 6.38. The Morgan fingerprint density at radius 1 is 0.923 bits per heavy atom. The Labute approximate surface area is 166 Å². The molecule has 2 nitrogen and oxygen atoms in total. The summed E-state index contributed by atoms with van der Waals surface area (Å²) in [7, 11) is 0. The molecule has 138 valence electrons. The number of hydrogen-bond acceptors (Lipinski definition) is 4. The summed E-state index contributed by atoms with van der Waals surface area (Å²) in [6, 6.07) is 8.82. The third-order valence-electron chi connectivity index (χ3n) is 5.44. The van der Waals surface area contributed by atoms with Crippen molar-refractivity contribution >= 4 is 23.5 Å². The van der Waals surface area contributed by atoms with Crippen LogP contribution in [-0.4, -0.2) is 15.2 Å². The van der Waals surface area contributed by atoms with Crippen LogP contribution in [0.4, 0.5) is 0 Å². The maximum Gasteiger partial charge on any atom is 0.189 e. The second-order valence-corrected chi connectivity index (χ2v) is 9.83. The number of fused-ring (bicyclic) bond motifs is 1. The minimum absolute atomic E-state index is 0.764. The molecule has 0 unspecified atom stereocenters. The van der Waals surface area contributed by atoms with Crippen LogP contribution in [0.1, 0.15) is 67.3 Å². The fraction of sp³-hybridized carbons (Fsp3) is 0.545. The largest absolute Gasteiger partial charge is 0.227 e. The van der Waals surface area contributed by atoms with Crippen LogP contribution in [0, 0.1) is 6.92 Å². The van der Waals surface area contributed by atoms with Gasteiger partial charge in [-0.15, -0.1) is 11.8 Å². The van der Waals surface area contributed by atoms with Gasteiger partial charge in [0.25, 0.3) is 0 Å². The van der Waals surface area contributed by atoms with Crippen LogP contribution in [0.5, 0.6) is 0 Å². The van der Waals surface area contributed by atoms with Gasteiger partial charge in [0.05, 0.1) is 0 Å². The summed E-state index contributed by atoms with van der Waals surface area (Å²) >= 11 is 3.85. The summed E-state index contributed by atoms with van der Waals surface area (Å²) in [5.74, 6) is 0.951. The first-order valence-electron chi connectivity index (χ1n) is 10.0. The van der Waals surface area contributed by atoms with Gasteiger partial charge in [-0.25, -0.2) is 9.97 Å². The maximum atomic E-state index is 5.03. The Morgan fingerprint density at radius 3 is 2.50 bits per heavy atom. The molecular formula is C22H28N2S2. The summed E-state index contributed by atoms with van der Waals surface area (Å²) in [6.07, 6.45) is 11.8. The highest BCUT2D eigenvalue weighted by Crippen LogP contribution is 2.38. The first-order valence-corrected chi connectivity index (χ1v) is 11.9. The van der Waals surface area contributed by atoms with Gasteiger partial charge in [-0.05, 0) is 51.0 Å². The van der Waals surface area contributed by atoms with Crippen molar-refractivity contribution in [2.45, 2.75) is 85.9 Å². The molecule has 0 amide bonds. The SMILES string of the molecule is Cc1ccc(CSc2nc3c(c(SC4CCCCC4)n2)CCCC3)cc1. The van der Waals surface area contributed by atoms with Gasteiger partial charge < -0.3 is 0 Å². The van der Waals surface area contributed by atoms with Gasteiger partial charge >= 0.3 is 0 Å².